The van der Waals surface area contributed by atoms with Crippen molar-refractivity contribution >= 4 is 24.6 Å². The fraction of sp³-hybridized carbons (Fsp3) is 0.300. The monoisotopic (exact) mass is 369 g/mol. The van der Waals surface area contributed by atoms with Crippen LogP contribution in [0.4, 0.5) is 0 Å². The van der Waals surface area contributed by atoms with Crippen LogP contribution in [0.3, 0.4) is 0 Å². The van der Waals surface area contributed by atoms with E-state index in [-0.39, 0.29) is 32.3 Å². The Hall–Kier alpha value is -1.19. The van der Waals surface area contributed by atoms with Gasteiger partial charge in [-0.25, -0.2) is 0 Å². The number of hydrogen-bond acceptors (Lipinski definition) is 2. The molecule has 2 aromatic rings. The van der Waals surface area contributed by atoms with E-state index in [0.717, 1.165) is 0 Å². The Morgan fingerprint density at radius 2 is 0.880 bits per heavy atom. The summed E-state index contributed by atoms with van der Waals surface area (Å²) in [6.45, 7) is 5.12. The molecule has 0 bridgehead atoms. The van der Waals surface area contributed by atoms with Gasteiger partial charge in [-0.3, -0.25) is 0 Å². The standard InChI is InChI=1S/C20H28B2N2.V/c1-17(21(23(3)4)19-13-9-7-10-14-19)18(2)22(24(5)6)20-15-11-8-12-16-20;/h7-16H,1-6H3;/b18-17-;. The molecule has 0 N–H and O–H groups in total. The molecule has 25 heavy (non-hydrogen) atoms. The number of hydrogen-bond donors (Lipinski definition) is 0. The Morgan fingerprint density at radius 1 is 0.600 bits per heavy atom. The van der Waals surface area contributed by atoms with E-state index in [1.165, 1.54) is 21.9 Å². The first-order chi connectivity index (χ1) is 11.4. The van der Waals surface area contributed by atoms with E-state index in [4.69, 9.17) is 0 Å². The minimum Gasteiger partial charge on any atom is -0.340 e. The SMILES string of the molecule is C/C(B(c1ccccc1)N(C)C)=C(\C)B(c1ccccc1)N(C)C.[V]. The second-order valence-corrected chi connectivity index (χ2v) is 6.92. The van der Waals surface area contributed by atoms with Gasteiger partial charge in [-0.2, -0.15) is 0 Å². The van der Waals surface area contributed by atoms with Gasteiger partial charge in [0.15, 0.2) is 0 Å². The second-order valence-electron chi connectivity index (χ2n) is 6.92. The first kappa shape index (κ1) is 21.9. The molecule has 0 unspecified atom stereocenters. The molecule has 0 fully saturated rings. The molecule has 0 atom stereocenters. The van der Waals surface area contributed by atoms with Crippen molar-refractivity contribution in [2.75, 3.05) is 28.2 Å². The topological polar surface area (TPSA) is 6.48 Å². The first-order valence-corrected chi connectivity index (χ1v) is 8.53. The normalized spacial score (nSPS) is 11.8. The molecule has 0 heterocycles. The summed E-state index contributed by atoms with van der Waals surface area (Å²) in [4.78, 5) is 4.60. The molecular formula is C20H28B2N2V. The zero-order valence-electron chi connectivity index (χ0n) is 16.3. The van der Waals surface area contributed by atoms with E-state index < -0.39 is 0 Å². The van der Waals surface area contributed by atoms with Crippen LogP contribution in [0, 0.1) is 0 Å². The molecule has 2 nitrogen and oxygen atoms in total. The van der Waals surface area contributed by atoms with Crippen LogP contribution < -0.4 is 10.9 Å². The molecule has 0 saturated heterocycles. The molecule has 2 aromatic carbocycles. The van der Waals surface area contributed by atoms with E-state index in [9.17, 15) is 0 Å². The minimum atomic E-state index is 0. The van der Waals surface area contributed by atoms with Crippen molar-refractivity contribution in [1.82, 2.24) is 9.62 Å². The summed E-state index contributed by atoms with van der Waals surface area (Å²) in [7, 11) is 8.62. The van der Waals surface area contributed by atoms with Crippen molar-refractivity contribution in [1.29, 1.82) is 0 Å². The third-order valence-electron chi connectivity index (χ3n) is 4.71. The molecule has 0 amide bonds. The number of allylic oxidation sites excluding steroid dienone is 2. The molecule has 0 aliphatic carbocycles. The fourth-order valence-electron chi connectivity index (χ4n) is 3.57. The summed E-state index contributed by atoms with van der Waals surface area (Å²) in [6.07, 6.45) is 0. The summed E-state index contributed by atoms with van der Waals surface area (Å²) in [5.41, 5.74) is 5.50. The summed E-state index contributed by atoms with van der Waals surface area (Å²) in [5.74, 6) is 0. The van der Waals surface area contributed by atoms with E-state index >= 15 is 0 Å². The first-order valence-electron chi connectivity index (χ1n) is 8.53. The van der Waals surface area contributed by atoms with Gasteiger partial charge in [-0.15, -0.1) is 0 Å². The Kier molecular flexibility index (Phi) is 8.81. The van der Waals surface area contributed by atoms with Crippen LogP contribution in [-0.4, -0.2) is 51.5 Å². The predicted molar refractivity (Wildman–Crippen MR) is 109 cm³/mol. The van der Waals surface area contributed by atoms with Crippen molar-refractivity contribution in [3.63, 3.8) is 0 Å². The fourth-order valence-corrected chi connectivity index (χ4v) is 3.57. The predicted octanol–water partition coefficient (Wildman–Crippen LogP) is 2.32. The molecular weight excluding hydrogens is 341 g/mol. The molecule has 129 valence electrons. The van der Waals surface area contributed by atoms with Crippen molar-refractivity contribution in [3.05, 3.63) is 71.6 Å². The van der Waals surface area contributed by atoms with Gasteiger partial charge in [0.2, 0.25) is 0 Å². The summed E-state index contributed by atoms with van der Waals surface area (Å²) < 4.78 is 0. The molecule has 0 aliphatic heterocycles. The molecule has 0 aliphatic rings. The average molecular weight is 369 g/mol. The maximum atomic E-state index is 2.30. The Labute approximate surface area is 166 Å². The molecule has 2 rings (SSSR count). The van der Waals surface area contributed by atoms with Crippen LogP contribution in [0.25, 0.3) is 0 Å². The summed E-state index contributed by atoms with van der Waals surface area (Å²) >= 11 is 0. The van der Waals surface area contributed by atoms with E-state index in [1.54, 1.807) is 0 Å². The Bertz CT molecular complexity index is 613. The van der Waals surface area contributed by atoms with Crippen LogP contribution in [0.2, 0.25) is 0 Å². The van der Waals surface area contributed by atoms with Gasteiger partial charge >= 0.3 is 0 Å². The molecule has 0 saturated carbocycles. The Balaban J connectivity index is 0.00000312. The second kappa shape index (κ2) is 10.1. The van der Waals surface area contributed by atoms with Gasteiger partial charge in [0.05, 0.1) is 0 Å². The average Bonchev–Trinajstić information content (AvgIpc) is 2.56. The van der Waals surface area contributed by atoms with Crippen LogP contribution >= 0.6 is 0 Å². The number of rotatable bonds is 6. The van der Waals surface area contributed by atoms with E-state index in [1.807, 2.05) is 0 Å². The van der Waals surface area contributed by atoms with Gasteiger partial charge in [-0.1, -0.05) is 96.4 Å². The van der Waals surface area contributed by atoms with Gasteiger partial charge < -0.3 is 9.62 Å². The maximum absolute atomic E-state index is 2.30. The van der Waals surface area contributed by atoms with Crippen LogP contribution in [0.15, 0.2) is 71.6 Å². The molecule has 5 heteroatoms. The summed E-state index contributed by atoms with van der Waals surface area (Å²) in [6, 6.07) is 21.5. The van der Waals surface area contributed by atoms with Crippen molar-refractivity contribution in [2.24, 2.45) is 0 Å². The van der Waals surface area contributed by atoms with E-state index in [2.05, 4.69) is 112 Å². The van der Waals surface area contributed by atoms with Gasteiger partial charge in [-0.05, 0) is 28.2 Å². The minimum absolute atomic E-state index is 0. The van der Waals surface area contributed by atoms with Gasteiger partial charge in [0.1, 0.15) is 0 Å². The quantitative estimate of drug-likeness (QED) is 0.722. The van der Waals surface area contributed by atoms with Crippen LogP contribution in [-0.2, 0) is 18.6 Å². The van der Waals surface area contributed by atoms with Crippen molar-refractivity contribution in [2.45, 2.75) is 13.8 Å². The van der Waals surface area contributed by atoms with Gasteiger partial charge in [0, 0.05) is 18.6 Å². The maximum Gasteiger partial charge on any atom is 0.286 e. The number of nitrogens with zero attached hydrogens (tertiary/aromatic N) is 2. The molecule has 1 radical (unpaired) electrons. The number of benzene rings is 2. The van der Waals surface area contributed by atoms with Crippen molar-refractivity contribution in [3.8, 4) is 0 Å². The van der Waals surface area contributed by atoms with Crippen LogP contribution in [0.1, 0.15) is 13.8 Å². The largest absolute Gasteiger partial charge is 0.340 e. The van der Waals surface area contributed by atoms with E-state index in [0.29, 0.717) is 0 Å². The molecule has 0 spiro atoms. The van der Waals surface area contributed by atoms with Gasteiger partial charge in [0.25, 0.3) is 13.7 Å². The third kappa shape index (κ3) is 5.39. The molecule has 0 aromatic heterocycles. The third-order valence-corrected chi connectivity index (χ3v) is 4.71. The zero-order chi connectivity index (χ0) is 17.7. The smallest absolute Gasteiger partial charge is 0.286 e. The van der Waals surface area contributed by atoms with Crippen molar-refractivity contribution < 1.29 is 18.6 Å². The summed E-state index contributed by atoms with van der Waals surface area (Å²) in [5, 5.41) is 0. The van der Waals surface area contributed by atoms with Crippen LogP contribution in [0.5, 0.6) is 0 Å². The zero-order valence-corrected chi connectivity index (χ0v) is 17.7. The Morgan fingerprint density at radius 3 is 1.12 bits per heavy atom.